The standard InChI is InChI=1S/C17H15N5O3S2/c23-17(12-3-1-4-13-11(12)7-8-18-13)19-9-10-20-27(24,25)15-6-2-5-14-16(15)22-26-21-14/h1-8,18,20H,9-10H2,(H,19,23). The molecule has 0 aliphatic rings. The topological polar surface area (TPSA) is 117 Å². The van der Waals surface area contributed by atoms with Gasteiger partial charge in [0, 0.05) is 35.8 Å². The van der Waals surface area contributed by atoms with Gasteiger partial charge in [0.25, 0.3) is 5.91 Å². The molecule has 1 amide bonds. The van der Waals surface area contributed by atoms with Crippen LogP contribution >= 0.6 is 11.7 Å². The molecule has 0 saturated heterocycles. The molecule has 0 unspecified atom stereocenters. The molecule has 0 bridgehead atoms. The summed E-state index contributed by atoms with van der Waals surface area (Å²) in [4.78, 5) is 15.5. The van der Waals surface area contributed by atoms with E-state index >= 15 is 0 Å². The largest absolute Gasteiger partial charge is 0.361 e. The summed E-state index contributed by atoms with van der Waals surface area (Å²) in [7, 11) is -3.75. The third-order valence-corrected chi connectivity index (χ3v) is 6.12. The Bertz CT molecular complexity index is 1230. The average molecular weight is 401 g/mol. The quantitative estimate of drug-likeness (QED) is 0.427. The van der Waals surface area contributed by atoms with E-state index in [1.807, 2.05) is 12.1 Å². The predicted molar refractivity (Wildman–Crippen MR) is 103 cm³/mol. The van der Waals surface area contributed by atoms with Crippen molar-refractivity contribution in [3.8, 4) is 0 Å². The molecule has 0 aliphatic carbocycles. The number of nitrogens with zero attached hydrogens (tertiary/aromatic N) is 2. The molecule has 2 heterocycles. The number of carbonyl (C=O) groups is 1. The number of aromatic nitrogens is 3. The van der Waals surface area contributed by atoms with Crippen molar-refractivity contribution in [3.63, 3.8) is 0 Å². The number of hydrogen-bond acceptors (Lipinski definition) is 6. The molecule has 0 spiro atoms. The van der Waals surface area contributed by atoms with Crippen molar-refractivity contribution < 1.29 is 13.2 Å². The molecular weight excluding hydrogens is 386 g/mol. The first-order valence-corrected chi connectivity index (χ1v) is 10.3. The van der Waals surface area contributed by atoms with Crippen LogP contribution in [-0.2, 0) is 10.0 Å². The van der Waals surface area contributed by atoms with Gasteiger partial charge in [-0.2, -0.15) is 8.75 Å². The van der Waals surface area contributed by atoms with Crippen molar-refractivity contribution in [1.29, 1.82) is 0 Å². The SMILES string of the molecule is O=C(NCCNS(=O)(=O)c1cccc2nsnc12)c1cccc2[nH]ccc12. The van der Waals surface area contributed by atoms with Crippen molar-refractivity contribution >= 4 is 49.6 Å². The maximum absolute atomic E-state index is 12.5. The summed E-state index contributed by atoms with van der Waals surface area (Å²) in [5.41, 5.74) is 2.29. The summed E-state index contributed by atoms with van der Waals surface area (Å²) in [5, 5.41) is 3.55. The molecule has 27 heavy (non-hydrogen) atoms. The fourth-order valence-electron chi connectivity index (χ4n) is 2.82. The Morgan fingerprint density at radius 1 is 1.07 bits per heavy atom. The number of aromatic amines is 1. The number of nitrogens with one attached hydrogen (secondary N) is 3. The molecule has 0 saturated carbocycles. The van der Waals surface area contributed by atoms with Crippen LogP contribution in [0, 0.1) is 0 Å². The second-order valence-electron chi connectivity index (χ2n) is 5.79. The van der Waals surface area contributed by atoms with Gasteiger partial charge in [-0.15, -0.1) is 0 Å². The molecule has 0 aliphatic heterocycles. The summed E-state index contributed by atoms with van der Waals surface area (Å²) < 4.78 is 35.6. The van der Waals surface area contributed by atoms with E-state index in [0.717, 1.165) is 22.6 Å². The Balaban J connectivity index is 1.40. The van der Waals surface area contributed by atoms with Crippen LogP contribution in [0.5, 0.6) is 0 Å². The van der Waals surface area contributed by atoms with Gasteiger partial charge in [-0.3, -0.25) is 4.79 Å². The van der Waals surface area contributed by atoms with Gasteiger partial charge in [0.05, 0.1) is 11.7 Å². The maximum atomic E-state index is 12.5. The molecule has 0 atom stereocenters. The zero-order valence-corrected chi connectivity index (χ0v) is 15.6. The van der Waals surface area contributed by atoms with Gasteiger partial charge < -0.3 is 10.3 Å². The number of hydrogen-bond donors (Lipinski definition) is 3. The smallest absolute Gasteiger partial charge is 0.252 e. The van der Waals surface area contributed by atoms with E-state index in [0.29, 0.717) is 16.6 Å². The first-order chi connectivity index (χ1) is 13.1. The molecule has 0 fully saturated rings. The molecule has 4 aromatic rings. The minimum atomic E-state index is -3.75. The molecule has 4 rings (SSSR count). The second kappa shape index (κ2) is 7.06. The highest BCUT2D eigenvalue weighted by Crippen LogP contribution is 2.20. The lowest BCUT2D eigenvalue weighted by atomic mass is 10.1. The molecule has 0 radical (unpaired) electrons. The predicted octanol–water partition coefficient (Wildman–Crippen LogP) is 1.88. The van der Waals surface area contributed by atoms with Crippen LogP contribution in [-0.4, -0.2) is 41.1 Å². The van der Waals surface area contributed by atoms with Gasteiger partial charge in [0.1, 0.15) is 15.9 Å². The molecule has 2 aromatic heterocycles. The summed E-state index contributed by atoms with van der Waals surface area (Å²) in [6.45, 7) is 0.218. The number of carbonyl (C=O) groups excluding carboxylic acids is 1. The minimum Gasteiger partial charge on any atom is -0.361 e. The van der Waals surface area contributed by atoms with Gasteiger partial charge in [0.2, 0.25) is 10.0 Å². The van der Waals surface area contributed by atoms with Crippen molar-refractivity contribution in [2.75, 3.05) is 13.1 Å². The monoisotopic (exact) mass is 401 g/mol. The average Bonchev–Trinajstić information content (AvgIpc) is 3.33. The lowest BCUT2D eigenvalue weighted by Gasteiger charge is -2.09. The van der Waals surface area contributed by atoms with Crippen molar-refractivity contribution in [2.45, 2.75) is 4.90 Å². The Morgan fingerprint density at radius 2 is 1.93 bits per heavy atom. The van der Waals surface area contributed by atoms with Crippen LogP contribution in [0.1, 0.15) is 10.4 Å². The van der Waals surface area contributed by atoms with E-state index in [9.17, 15) is 13.2 Å². The third-order valence-electron chi connectivity index (χ3n) is 4.08. The molecular formula is C17H15N5O3S2. The van der Waals surface area contributed by atoms with Crippen LogP contribution < -0.4 is 10.0 Å². The van der Waals surface area contributed by atoms with Gasteiger partial charge in [-0.05, 0) is 30.3 Å². The highest BCUT2D eigenvalue weighted by molar-refractivity contribution is 7.89. The lowest BCUT2D eigenvalue weighted by Crippen LogP contribution is -2.34. The Kier molecular flexibility index (Phi) is 4.60. The van der Waals surface area contributed by atoms with E-state index in [1.165, 1.54) is 6.07 Å². The minimum absolute atomic E-state index is 0.0607. The summed E-state index contributed by atoms with van der Waals surface area (Å²) >= 11 is 0.963. The number of amides is 1. The van der Waals surface area contributed by atoms with E-state index < -0.39 is 10.0 Å². The Labute approximate surface area is 159 Å². The van der Waals surface area contributed by atoms with E-state index in [1.54, 1.807) is 30.5 Å². The van der Waals surface area contributed by atoms with Crippen molar-refractivity contribution in [1.82, 2.24) is 23.8 Å². The highest BCUT2D eigenvalue weighted by Gasteiger charge is 2.19. The molecule has 10 heteroatoms. The Hall–Kier alpha value is -2.82. The zero-order chi connectivity index (χ0) is 18.9. The number of sulfonamides is 1. The van der Waals surface area contributed by atoms with Crippen molar-refractivity contribution in [3.05, 3.63) is 54.2 Å². The van der Waals surface area contributed by atoms with Crippen LogP contribution in [0.25, 0.3) is 21.9 Å². The summed E-state index contributed by atoms with van der Waals surface area (Å²) in [6, 6.07) is 12.0. The van der Waals surface area contributed by atoms with Crippen LogP contribution in [0.3, 0.4) is 0 Å². The number of benzene rings is 2. The third kappa shape index (κ3) is 3.42. The van der Waals surface area contributed by atoms with E-state index in [4.69, 9.17) is 0 Å². The fourth-order valence-corrected chi connectivity index (χ4v) is 4.61. The maximum Gasteiger partial charge on any atom is 0.252 e. The van der Waals surface area contributed by atoms with Gasteiger partial charge in [-0.1, -0.05) is 12.1 Å². The Morgan fingerprint density at radius 3 is 2.81 bits per heavy atom. The highest BCUT2D eigenvalue weighted by atomic mass is 32.2. The van der Waals surface area contributed by atoms with Gasteiger partial charge in [-0.25, -0.2) is 13.1 Å². The van der Waals surface area contributed by atoms with Gasteiger partial charge in [0.15, 0.2) is 0 Å². The number of rotatable bonds is 6. The summed E-state index contributed by atoms with van der Waals surface area (Å²) in [5.74, 6) is -0.259. The molecule has 138 valence electrons. The first-order valence-electron chi connectivity index (χ1n) is 8.11. The van der Waals surface area contributed by atoms with Crippen LogP contribution in [0.2, 0.25) is 0 Å². The van der Waals surface area contributed by atoms with E-state index in [-0.39, 0.29) is 23.9 Å². The normalized spacial score (nSPS) is 11.9. The molecule has 2 aromatic carbocycles. The fraction of sp³-hybridized carbons (Fsp3) is 0.118. The van der Waals surface area contributed by atoms with Crippen LogP contribution in [0.4, 0.5) is 0 Å². The second-order valence-corrected chi connectivity index (χ2v) is 8.05. The summed E-state index contributed by atoms with van der Waals surface area (Å²) in [6.07, 6.45) is 1.77. The number of fused-ring (bicyclic) bond motifs is 2. The van der Waals surface area contributed by atoms with Crippen LogP contribution in [0.15, 0.2) is 53.6 Å². The van der Waals surface area contributed by atoms with Crippen molar-refractivity contribution in [2.24, 2.45) is 0 Å². The number of H-pyrrole nitrogens is 1. The van der Waals surface area contributed by atoms with Gasteiger partial charge >= 0.3 is 0 Å². The first kappa shape index (κ1) is 17.6. The lowest BCUT2D eigenvalue weighted by molar-refractivity contribution is 0.0956. The zero-order valence-electron chi connectivity index (χ0n) is 14.0. The molecule has 3 N–H and O–H groups in total. The van der Waals surface area contributed by atoms with E-state index in [2.05, 4.69) is 23.8 Å². The molecule has 8 nitrogen and oxygen atoms in total.